The van der Waals surface area contributed by atoms with Crippen molar-refractivity contribution in [2.45, 2.75) is 25.8 Å². The Morgan fingerprint density at radius 2 is 1.63 bits per heavy atom. The maximum atomic E-state index is 12.9. The van der Waals surface area contributed by atoms with Gasteiger partial charge in [-0.25, -0.2) is 4.90 Å². The quantitative estimate of drug-likeness (QED) is 0.631. The van der Waals surface area contributed by atoms with Gasteiger partial charge in [-0.3, -0.25) is 9.59 Å². The molecule has 3 rings (SSSR count). The topological polar surface area (TPSA) is 86.3 Å². The molecule has 0 radical (unpaired) electrons. The summed E-state index contributed by atoms with van der Waals surface area (Å²) in [7, 11) is 4.55. The molecule has 30 heavy (non-hydrogen) atoms. The Bertz CT molecular complexity index is 887. The number of anilines is 2. The number of carbonyl (C=O) groups excluding carboxylic acids is 2. The van der Waals surface area contributed by atoms with E-state index in [-0.39, 0.29) is 18.2 Å². The second-order valence-electron chi connectivity index (χ2n) is 6.72. The maximum absolute atomic E-state index is 12.9. The Morgan fingerprint density at radius 3 is 2.17 bits per heavy atom. The second-order valence-corrected chi connectivity index (χ2v) is 6.72. The van der Waals surface area contributed by atoms with Crippen LogP contribution in [0, 0.1) is 0 Å². The summed E-state index contributed by atoms with van der Waals surface area (Å²) in [6.07, 6.45) is 0.947. The molecule has 0 spiro atoms. The number of benzene rings is 2. The first-order valence-electron chi connectivity index (χ1n) is 9.68. The van der Waals surface area contributed by atoms with Crippen molar-refractivity contribution < 1.29 is 28.5 Å². The number of carbonyl (C=O) groups is 2. The van der Waals surface area contributed by atoms with Gasteiger partial charge in [0.25, 0.3) is 5.91 Å². The van der Waals surface area contributed by atoms with Gasteiger partial charge in [0.2, 0.25) is 11.7 Å². The number of nitrogens with one attached hydrogen (secondary N) is 1. The molecular formula is C22H26N2O6. The van der Waals surface area contributed by atoms with Gasteiger partial charge in [-0.1, -0.05) is 6.92 Å². The molecule has 0 bridgehead atoms. The lowest BCUT2D eigenvalue weighted by Gasteiger charge is -2.18. The van der Waals surface area contributed by atoms with Crippen LogP contribution in [0.25, 0.3) is 0 Å². The summed E-state index contributed by atoms with van der Waals surface area (Å²) in [5.74, 6) is 1.47. The van der Waals surface area contributed by atoms with Crippen molar-refractivity contribution in [1.82, 2.24) is 0 Å². The lowest BCUT2D eigenvalue weighted by molar-refractivity contribution is -0.121. The van der Waals surface area contributed by atoms with Crippen molar-refractivity contribution in [3.8, 4) is 23.0 Å². The summed E-state index contributed by atoms with van der Waals surface area (Å²) < 4.78 is 21.6. The highest BCUT2D eigenvalue weighted by atomic mass is 16.5. The highest BCUT2D eigenvalue weighted by molar-refractivity contribution is 6.23. The molecule has 1 unspecified atom stereocenters. The Balaban J connectivity index is 1.78. The summed E-state index contributed by atoms with van der Waals surface area (Å²) >= 11 is 0. The van der Waals surface area contributed by atoms with Crippen LogP contribution in [0.1, 0.15) is 19.8 Å². The van der Waals surface area contributed by atoms with Crippen LogP contribution < -0.4 is 29.2 Å². The van der Waals surface area contributed by atoms with E-state index in [2.05, 4.69) is 5.32 Å². The lowest BCUT2D eigenvalue weighted by atomic mass is 10.2. The molecule has 1 aliphatic heterocycles. The summed E-state index contributed by atoms with van der Waals surface area (Å²) in [6, 6.07) is 9.63. The number of ether oxygens (including phenoxy) is 4. The molecule has 0 saturated carbocycles. The average Bonchev–Trinajstić information content (AvgIpc) is 3.04. The molecule has 2 aromatic rings. The molecule has 1 saturated heterocycles. The Morgan fingerprint density at radius 1 is 1.00 bits per heavy atom. The fraction of sp³-hybridized carbons (Fsp3) is 0.364. The van der Waals surface area contributed by atoms with Gasteiger partial charge < -0.3 is 24.3 Å². The van der Waals surface area contributed by atoms with E-state index in [1.807, 2.05) is 6.92 Å². The predicted molar refractivity (Wildman–Crippen MR) is 113 cm³/mol. The average molecular weight is 414 g/mol. The molecule has 2 amide bonds. The van der Waals surface area contributed by atoms with Gasteiger partial charge in [-0.05, 0) is 30.7 Å². The minimum Gasteiger partial charge on any atom is -0.494 e. The van der Waals surface area contributed by atoms with Crippen molar-refractivity contribution >= 4 is 23.2 Å². The van der Waals surface area contributed by atoms with Crippen LogP contribution in [0.2, 0.25) is 0 Å². The van der Waals surface area contributed by atoms with E-state index in [9.17, 15) is 9.59 Å². The van der Waals surface area contributed by atoms with Crippen molar-refractivity contribution in [2.75, 3.05) is 38.2 Å². The summed E-state index contributed by atoms with van der Waals surface area (Å²) in [6.45, 7) is 2.64. The third-order valence-electron chi connectivity index (χ3n) is 4.72. The first-order valence-corrected chi connectivity index (χ1v) is 9.68. The highest BCUT2D eigenvalue weighted by Crippen LogP contribution is 2.40. The van der Waals surface area contributed by atoms with Gasteiger partial charge in [0, 0.05) is 17.8 Å². The molecule has 1 fully saturated rings. The number of rotatable bonds is 9. The maximum Gasteiger partial charge on any atom is 0.256 e. The standard InChI is InChI=1S/C22H26N2O6/c1-5-10-30-16-8-6-15(7-9-16)24-20(25)13-17(22(24)26)23-14-11-18(27-2)21(29-4)19(12-14)28-3/h6-9,11-12,17,23H,5,10,13H2,1-4H3. The Hall–Kier alpha value is -3.42. The Labute approximate surface area is 175 Å². The van der Waals surface area contributed by atoms with E-state index < -0.39 is 6.04 Å². The van der Waals surface area contributed by atoms with Crippen LogP contribution in [0.4, 0.5) is 11.4 Å². The minimum absolute atomic E-state index is 0.0452. The van der Waals surface area contributed by atoms with E-state index in [1.54, 1.807) is 36.4 Å². The molecule has 1 N–H and O–H groups in total. The van der Waals surface area contributed by atoms with Gasteiger partial charge in [0.05, 0.1) is 40.0 Å². The zero-order valence-electron chi connectivity index (χ0n) is 17.6. The van der Waals surface area contributed by atoms with Gasteiger partial charge in [0.1, 0.15) is 11.8 Å². The molecule has 1 atom stereocenters. The van der Waals surface area contributed by atoms with E-state index in [0.717, 1.165) is 6.42 Å². The normalized spacial score (nSPS) is 15.9. The van der Waals surface area contributed by atoms with E-state index >= 15 is 0 Å². The third-order valence-corrected chi connectivity index (χ3v) is 4.72. The van der Waals surface area contributed by atoms with Crippen LogP contribution in [-0.4, -0.2) is 45.8 Å². The minimum atomic E-state index is -0.698. The van der Waals surface area contributed by atoms with E-state index in [0.29, 0.717) is 41.0 Å². The summed E-state index contributed by atoms with van der Waals surface area (Å²) in [5, 5.41) is 3.11. The van der Waals surface area contributed by atoms with Crippen molar-refractivity contribution in [2.24, 2.45) is 0 Å². The molecule has 160 valence electrons. The van der Waals surface area contributed by atoms with Crippen molar-refractivity contribution in [3.63, 3.8) is 0 Å². The Kier molecular flexibility index (Phi) is 6.66. The number of methoxy groups -OCH3 is 3. The molecule has 0 aromatic heterocycles. The largest absolute Gasteiger partial charge is 0.494 e. The molecule has 2 aromatic carbocycles. The van der Waals surface area contributed by atoms with Crippen LogP contribution in [0.15, 0.2) is 36.4 Å². The monoisotopic (exact) mass is 414 g/mol. The number of amides is 2. The molecule has 8 heteroatoms. The van der Waals surface area contributed by atoms with E-state index in [1.165, 1.54) is 26.2 Å². The zero-order chi connectivity index (χ0) is 21.7. The van der Waals surface area contributed by atoms with Crippen LogP contribution in [0.5, 0.6) is 23.0 Å². The van der Waals surface area contributed by atoms with Crippen LogP contribution >= 0.6 is 0 Å². The lowest BCUT2D eigenvalue weighted by Crippen LogP contribution is -2.34. The van der Waals surface area contributed by atoms with Crippen LogP contribution in [0.3, 0.4) is 0 Å². The molecule has 0 aliphatic carbocycles. The van der Waals surface area contributed by atoms with E-state index in [4.69, 9.17) is 18.9 Å². The van der Waals surface area contributed by atoms with Gasteiger partial charge in [-0.2, -0.15) is 0 Å². The zero-order valence-corrected chi connectivity index (χ0v) is 17.6. The van der Waals surface area contributed by atoms with Gasteiger partial charge in [0.15, 0.2) is 11.5 Å². The number of nitrogens with zero attached hydrogens (tertiary/aromatic N) is 1. The molecule has 1 heterocycles. The van der Waals surface area contributed by atoms with Gasteiger partial charge in [-0.15, -0.1) is 0 Å². The molecule has 1 aliphatic rings. The van der Waals surface area contributed by atoms with Crippen molar-refractivity contribution in [1.29, 1.82) is 0 Å². The first kappa shape index (κ1) is 21.3. The van der Waals surface area contributed by atoms with Crippen LogP contribution in [-0.2, 0) is 9.59 Å². The molecule has 8 nitrogen and oxygen atoms in total. The first-order chi connectivity index (χ1) is 14.5. The second kappa shape index (κ2) is 9.39. The fourth-order valence-corrected chi connectivity index (χ4v) is 3.29. The smallest absolute Gasteiger partial charge is 0.256 e. The number of hydrogen-bond acceptors (Lipinski definition) is 7. The number of imide groups is 1. The predicted octanol–water partition coefficient (Wildman–Crippen LogP) is 3.25. The fourth-order valence-electron chi connectivity index (χ4n) is 3.29. The number of hydrogen-bond donors (Lipinski definition) is 1. The SMILES string of the molecule is CCCOc1ccc(N2C(=O)CC(Nc3cc(OC)c(OC)c(OC)c3)C2=O)cc1. The summed E-state index contributed by atoms with van der Waals surface area (Å²) in [5.41, 5.74) is 1.10. The highest BCUT2D eigenvalue weighted by Gasteiger charge is 2.39. The summed E-state index contributed by atoms with van der Waals surface area (Å²) in [4.78, 5) is 26.7. The van der Waals surface area contributed by atoms with Gasteiger partial charge >= 0.3 is 0 Å². The van der Waals surface area contributed by atoms with Crippen molar-refractivity contribution in [3.05, 3.63) is 36.4 Å². The third kappa shape index (κ3) is 4.27. The molecular weight excluding hydrogens is 388 g/mol.